The third kappa shape index (κ3) is 390. The summed E-state index contributed by atoms with van der Waals surface area (Å²) in [6.45, 7) is 0. The van der Waals surface area contributed by atoms with Crippen LogP contribution in [0.15, 0.2) is 0 Å². The van der Waals surface area contributed by atoms with Crippen molar-refractivity contribution in [3.05, 3.63) is 0 Å². The summed E-state index contributed by atoms with van der Waals surface area (Å²) < 4.78 is 15.8. The summed E-state index contributed by atoms with van der Waals surface area (Å²) in [6, 6.07) is 0. The molecule has 0 saturated heterocycles. The van der Waals surface area contributed by atoms with Gasteiger partial charge in [0.2, 0.25) is 0 Å². The van der Waals surface area contributed by atoms with Crippen LogP contribution in [-0.4, -0.2) is 14.1 Å². The molecule has 0 atom stereocenters. The monoisotopic (exact) mass is 130 g/mol. The van der Waals surface area contributed by atoms with Crippen LogP contribution in [0.4, 0.5) is 0 Å². The van der Waals surface area contributed by atoms with Crippen molar-refractivity contribution in [2.75, 3.05) is 0 Å². The number of hydrogen-bond acceptors (Lipinski definition) is 4. The van der Waals surface area contributed by atoms with E-state index in [1.165, 1.54) is 0 Å². The fourth-order valence-electron chi connectivity index (χ4n) is 0. The van der Waals surface area contributed by atoms with Crippen LogP contribution in [-0.2, 0) is 22.8 Å². The molecular formula is H4NO4Ti. The molecule has 0 radical (unpaired) electrons. The van der Waals surface area contributed by atoms with Gasteiger partial charge in [0.15, 0.2) is 0 Å². The van der Waals surface area contributed by atoms with Crippen molar-refractivity contribution >= 4 is 0 Å². The van der Waals surface area contributed by atoms with Crippen molar-refractivity contribution in [2.24, 2.45) is 0 Å². The number of nitrogens with one attached hydrogen (secondary N) is 1. The Balaban J connectivity index is 0. The molecule has 0 aromatic rings. The summed E-state index contributed by atoms with van der Waals surface area (Å²) in [6.07, 6.45) is 0. The molecule has 37 valence electrons. The molecule has 0 aliphatic rings. The maximum atomic E-state index is 8.61. The van der Waals surface area contributed by atoms with E-state index >= 15 is 0 Å². The summed E-state index contributed by atoms with van der Waals surface area (Å²) in [4.78, 5) is 0. The predicted octanol–water partition coefficient (Wildman–Crippen LogP) is -1.32. The molecule has 0 heterocycles. The second kappa shape index (κ2) is 18.3. The summed E-state index contributed by atoms with van der Waals surface area (Å²) >= 11 is -1.75. The molecule has 5 nitrogen and oxygen atoms in total. The van der Waals surface area contributed by atoms with Crippen molar-refractivity contribution in [1.29, 1.82) is 0 Å². The minimum atomic E-state index is -1.75. The topological polar surface area (TPSA) is 89.8 Å². The van der Waals surface area contributed by atoms with Gasteiger partial charge in [-0.15, -0.1) is 0 Å². The van der Waals surface area contributed by atoms with Gasteiger partial charge < -0.3 is 0 Å². The molecule has 0 aromatic heterocycles. The Morgan fingerprint density at radius 1 is 1.50 bits per heavy atom. The molecular weight excluding hydrogens is 126 g/mol. The Bertz CT molecular complexity index is 21.5. The third-order valence-corrected chi connectivity index (χ3v) is 0. The minimum absolute atomic E-state index is 0.750. The van der Waals surface area contributed by atoms with E-state index in [4.69, 9.17) is 17.4 Å². The molecule has 0 unspecified atom stereocenters. The molecule has 0 fully saturated rings. The SMILES string of the molecule is ONO.[O]=[Ti][OH]. The average Bonchev–Trinajstić information content (AvgIpc) is 1.39. The first-order valence-corrected chi connectivity index (χ1v) is 2.21. The molecule has 6 heavy (non-hydrogen) atoms. The van der Waals surface area contributed by atoms with Crippen molar-refractivity contribution in [1.82, 2.24) is 5.64 Å². The summed E-state index contributed by atoms with van der Waals surface area (Å²) in [7, 11) is 0. The molecule has 4 N–H and O–H groups in total. The van der Waals surface area contributed by atoms with Crippen LogP contribution in [0, 0.1) is 0 Å². The van der Waals surface area contributed by atoms with E-state index in [0.717, 1.165) is 5.64 Å². The van der Waals surface area contributed by atoms with Crippen LogP contribution < -0.4 is 5.64 Å². The molecule has 0 bridgehead atoms. The zero-order valence-corrected chi connectivity index (χ0v) is 4.31. The average molecular weight is 130 g/mol. The van der Waals surface area contributed by atoms with E-state index in [9.17, 15) is 0 Å². The van der Waals surface area contributed by atoms with Gasteiger partial charge in [-0.25, -0.2) is 0 Å². The van der Waals surface area contributed by atoms with Crippen LogP contribution in [0.25, 0.3) is 0 Å². The van der Waals surface area contributed by atoms with E-state index in [0.29, 0.717) is 0 Å². The standard InChI is InChI=1S/H3NO2.H2O.O.Ti/c2-1-3;;;/h1-3H;1H2;;/q;;;+1/p-1. The van der Waals surface area contributed by atoms with Crippen LogP contribution >= 0.6 is 0 Å². The van der Waals surface area contributed by atoms with Crippen LogP contribution in [0.1, 0.15) is 0 Å². The van der Waals surface area contributed by atoms with Gasteiger partial charge in [-0.1, -0.05) is 5.64 Å². The maximum absolute atomic E-state index is 8.61. The molecule has 0 spiro atoms. The molecule has 0 aliphatic carbocycles. The van der Waals surface area contributed by atoms with E-state index < -0.39 is 19.5 Å². The van der Waals surface area contributed by atoms with Crippen molar-refractivity contribution in [2.45, 2.75) is 0 Å². The quantitative estimate of drug-likeness (QED) is 0.241. The molecule has 0 aromatic carbocycles. The second-order valence-electron chi connectivity index (χ2n) is 0.191. The van der Waals surface area contributed by atoms with Crippen LogP contribution in [0.3, 0.4) is 0 Å². The fraction of sp³-hybridized carbons (Fsp3) is 0. The van der Waals surface area contributed by atoms with E-state index in [1.54, 1.807) is 0 Å². The normalized spacial score (nSPS) is 4.50. The second-order valence-corrected chi connectivity index (χ2v) is 0.476. The Kier molecular flexibility index (Phi) is 29.3. The van der Waals surface area contributed by atoms with Gasteiger partial charge in [0, 0.05) is 0 Å². The summed E-state index contributed by atoms with van der Waals surface area (Å²) in [5.74, 6) is 0. The van der Waals surface area contributed by atoms with Gasteiger partial charge in [0.05, 0.1) is 0 Å². The zero-order valence-electron chi connectivity index (χ0n) is 2.75. The number of hydrogen-bond donors (Lipinski definition) is 4. The molecule has 0 amide bonds. The molecule has 0 rings (SSSR count). The van der Waals surface area contributed by atoms with Crippen LogP contribution in [0.2, 0.25) is 0 Å². The Morgan fingerprint density at radius 2 is 1.50 bits per heavy atom. The first-order valence-electron chi connectivity index (χ1n) is 0.875. The van der Waals surface area contributed by atoms with Gasteiger partial charge in [0.1, 0.15) is 0 Å². The molecule has 0 saturated carbocycles. The van der Waals surface area contributed by atoms with E-state index in [1.807, 2.05) is 0 Å². The van der Waals surface area contributed by atoms with Gasteiger partial charge in [-0.2, -0.15) is 0 Å². The van der Waals surface area contributed by atoms with Gasteiger partial charge in [0.25, 0.3) is 0 Å². The predicted molar refractivity (Wildman–Crippen MR) is 9.61 cm³/mol. The first kappa shape index (κ1) is 9.61. The van der Waals surface area contributed by atoms with E-state index in [2.05, 4.69) is 0 Å². The third-order valence-electron chi connectivity index (χ3n) is 0. The molecule has 6 heteroatoms. The van der Waals surface area contributed by atoms with E-state index in [-0.39, 0.29) is 0 Å². The van der Waals surface area contributed by atoms with Gasteiger partial charge in [-0.05, 0) is 0 Å². The van der Waals surface area contributed by atoms with Crippen molar-refractivity contribution < 1.29 is 36.9 Å². The van der Waals surface area contributed by atoms with Crippen molar-refractivity contribution in [3.8, 4) is 0 Å². The summed E-state index contributed by atoms with van der Waals surface area (Å²) in [5.41, 5.74) is 0.750. The van der Waals surface area contributed by atoms with Gasteiger partial charge in [-0.3, -0.25) is 10.4 Å². The Hall–Kier alpha value is 0.354. The summed E-state index contributed by atoms with van der Waals surface area (Å²) in [5, 5.41) is 13.8. The fourth-order valence-corrected chi connectivity index (χ4v) is 0. The zero-order chi connectivity index (χ0) is 5.41. The molecule has 0 aliphatic heterocycles. The van der Waals surface area contributed by atoms with Gasteiger partial charge >= 0.3 is 26.5 Å². The van der Waals surface area contributed by atoms with Crippen LogP contribution in [0.5, 0.6) is 0 Å². The first-order chi connectivity index (χ1) is 2.83. The Morgan fingerprint density at radius 3 is 1.50 bits per heavy atom. The Labute approximate surface area is 43.2 Å². The number of rotatable bonds is 0. The van der Waals surface area contributed by atoms with Crippen molar-refractivity contribution in [3.63, 3.8) is 0 Å².